The van der Waals surface area contributed by atoms with E-state index in [0.29, 0.717) is 19.1 Å². The van der Waals surface area contributed by atoms with Gasteiger partial charge in [0.15, 0.2) is 0 Å². The molecule has 8 nitrogen and oxygen atoms in total. The Balaban J connectivity index is 0.000000361. The lowest BCUT2D eigenvalue weighted by molar-refractivity contribution is -0.669. The standard InChI is InChI=1S/C17H25NO3.C12H17NO.C2HF3O2.CH2Cl2/c1-17(2,3)21-16(19)18-11-7-8-14(12-18)13-20-15-9-5-4-6-10-15;1-2-6-12(7-3-1)14-10-11-5-4-8-13-9-11;3-2(4,5)1(6)7;2-1-3/h4-6,9-10,14H,7-8,11-13H2,1-3H3;1-3,6-7,11,13H,4-5,8-10H2;(H,6,7);1H2. The van der Waals surface area contributed by atoms with E-state index in [-0.39, 0.29) is 11.4 Å². The largest absolute Gasteiger partial charge is 0.542 e. The molecule has 2 aliphatic heterocycles. The van der Waals surface area contributed by atoms with Gasteiger partial charge in [0.05, 0.1) is 31.6 Å². The highest BCUT2D eigenvalue weighted by molar-refractivity contribution is 6.40. The lowest BCUT2D eigenvalue weighted by Crippen LogP contribution is -2.87. The Hall–Kier alpha value is -2.89. The minimum absolute atomic E-state index is 0.194. The van der Waals surface area contributed by atoms with Gasteiger partial charge in [-0.1, -0.05) is 36.4 Å². The van der Waals surface area contributed by atoms with Crippen molar-refractivity contribution in [3.8, 4) is 11.5 Å². The van der Waals surface area contributed by atoms with Crippen LogP contribution in [0.2, 0.25) is 0 Å². The summed E-state index contributed by atoms with van der Waals surface area (Å²) in [4.78, 5) is 22.7. The molecule has 45 heavy (non-hydrogen) atoms. The molecule has 2 aromatic carbocycles. The molecule has 13 heteroatoms. The number of likely N-dealkylation sites (tertiary alicyclic amines) is 1. The summed E-state index contributed by atoms with van der Waals surface area (Å²) in [7, 11) is 0. The van der Waals surface area contributed by atoms with E-state index < -0.39 is 17.7 Å². The highest BCUT2D eigenvalue weighted by atomic mass is 35.5. The number of para-hydroxylation sites is 2. The summed E-state index contributed by atoms with van der Waals surface area (Å²) in [6, 6.07) is 19.9. The number of nitrogens with zero attached hydrogens (tertiary/aromatic N) is 1. The summed E-state index contributed by atoms with van der Waals surface area (Å²) in [5.41, 5.74) is -0.440. The van der Waals surface area contributed by atoms with Gasteiger partial charge in [-0.3, -0.25) is 0 Å². The molecule has 254 valence electrons. The third-order valence-corrected chi connectivity index (χ3v) is 6.38. The predicted molar refractivity (Wildman–Crippen MR) is 166 cm³/mol. The van der Waals surface area contributed by atoms with E-state index in [0.717, 1.165) is 43.4 Å². The Morgan fingerprint density at radius 1 is 0.889 bits per heavy atom. The second kappa shape index (κ2) is 21.8. The molecular weight excluding hydrogens is 636 g/mol. The topological polar surface area (TPSA) is 105 Å². The summed E-state index contributed by atoms with van der Waals surface area (Å²) < 4.78 is 48.5. The number of carboxylic acid groups (broad SMARTS) is 1. The number of benzene rings is 2. The second-order valence-corrected chi connectivity index (χ2v) is 12.2. The van der Waals surface area contributed by atoms with Crippen molar-refractivity contribution in [2.75, 3.05) is 44.7 Å². The van der Waals surface area contributed by atoms with E-state index in [1.54, 1.807) is 4.90 Å². The zero-order chi connectivity index (χ0) is 33.7. The molecule has 2 saturated heterocycles. The highest BCUT2D eigenvalue weighted by Crippen LogP contribution is 2.21. The lowest BCUT2D eigenvalue weighted by atomic mass is 9.99. The van der Waals surface area contributed by atoms with E-state index in [9.17, 15) is 18.0 Å². The number of aliphatic carboxylic acids is 1. The number of amides is 1. The zero-order valence-corrected chi connectivity index (χ0v) is 27.6. The first kappa shape index (κ1) is 40.1. The maximum atomic E-state index is 12.1. The molecule has 2 N–H and O–H groups in total. The quantitative estimate of drug-likeness (QED) is 0.406. The van der Waals surface area contributed by atoms with Gasteiger partial charge in [0, 0.05) is 24.9 Å². The number of carboxylic acids is 1. The van der Waals surface area contributed by atoms with Gasteiger partial charge in [0.1, 0.15) is 23.1 Å². The highest BCUT2D eigenvalue weighted by Gasteiger charge is 2.29. The molecule has 1 amide bonds. The zero-order valence-electron chi connectivity index (χ0n) is 26.1. The monoisotopic (exact) mass is 680 g/mol. The van der Waals surface area contributed by atoms with Crippen LogP contribution in [0, 0.1) is 11.8 Å². The van der Waals surface area contributed by atoms with Gasteiger partial charge < -0.3 is 34.3 Å². The molecule has 0 aliphatic carbocycles. The van der Waals surface area contributed by atoms with Crippen molar-refractivity contribution in [3.63, 3.8) is 0 Å². The molecule has 2 aliphatic rings. The van der Waals surface area contributed by atoms with Crippen LogP contribution in [0.15, 0.2) is 60.7 Å². The Morgan fingerprint density at radius 2 is 1.36 bits per heavy atom. The fraction of sp³-hybridized carbons (Fsp3) is 0.562. The van der Waals surface area contributed by atoms with E-state index in [1.165, 1.54) is 25.9 Å². The van der Waals surface area contributed by atoms with Crippen molar-refractivity contribution in [1.29, 1.82) is 0 Å². The van der Waals surface area contributed by atoms with Crippen molar-refractivity contribution >= 4 is 35.3 Å². The third kappa shape index (κ3) is 20.0. The first-order chi connectivity index (χ1) is 21.2. The molecule has 0 aromatic heterocycles. The summed E-state index contributed by atoms with van der Waals surface area (Å²) in [6.07, 6.45) is -0.660. The number of quaternary nitrogens is 1. The van der Waals surface area contributed by atoms with E-state index in [2.05, 4.69) is 5.32 Å². The van der Waals surface area contributed by atoms with Crippen LogP contribution in [0.1, 0.15) is 46.5 Å². The molecule has 2 aromatic rings. The van der Waals surface area contributed by atoms with Crippen LogP contribution in [-0.4, -0.2) is 73.5 Å². The van der Waals surface area contributed by atoms with E-state index >= 15 is 0 Å². The molecule has 2 fully saturated rings. The minimum Gasteiger partial charge on any atom is -0.542 e. The van der Waals surface area contributed by atoms with Gasteiger partial charge in [-0.25, -0.2) is 4.79 Å². The average Bonchev–Trinajstić information content (AvgIpc) is 3.00. The third-order valence-electron chi connectivity index (χ3n) is 6.38. The Labute approximate surface area is 274 Å². The van der Waals surface area contributed by atoms with Crippen LogP contribution in [-0.2, 0) is 9.53 Å². The number of hydrogen-bond acceptors (Lipinski definition) is 6. The summed E-state index contributed by atoms with van der Waals surface area (Å²) in [5.74, 6) is -0.0205. The second-order valence-electron chi connectivity index (χ2n) is 11.4. The minimum atomic E-state index is -5.19. The maximum absolute atomic E-state index is 12.1. The Morgan fingerprint density at radius 3 is 1.78 bits per heavy atom. The van der Waals surface area contributed by atoms with E-state index in [1.807, 2.05) is 81.4 Å². The first-order valence-corrected chi connectivity index (χ1v) is 15.9. The van der Waals surface area contributed by atoms with Crippen molar-refractivity contribution < 1.29 is 47.4 Å². The van der Waals surface area contributed by atoms with Crippen molar-refractivity contribution in [2.45, 2.75) is 58.2 Å². The van der Waals surface area contributed by atoms with E-state index in [4.69, 9.17) is 47.3 Å². The maximum Gasteiger partial charge on any atom is 0.430 e. The van der Waals surface area contributed by atoms with Crippen LogP contribution >= 0.6 is 23.2 Å². The van der Waals surface area contributed by atoms with Crippen molar-refractivity contribution in [2.24, 2.45) is 11.8 Å². The molecule has 2 atom stereocenters. The number of carbonyl (C=O) groups excluding carboxylic acids is 2. The molecular formula is C32H45Cl2F3N2O6. The number of carbonyl (C=O) groups is 2. The molecule has 2 unspecified atom stereocenters. The predicted octanol–water partition coefficient (Wildman–Crippen LogP) is 5.47. The fourth-order valence-corrected chi connectivity index (χ4v) is 4.33. The number of rotatable bonds is 6. The van der Waals surface area contributed by atoms with Crippen LogP contribution in [0.3, 0.4) is 0 Å². The number of piperidine rings is 2. The normalized spacial score (nSPS) is 17.9. The number of nitrogens with two attached hydrogens (primary N) is 1. The smallest absolute Gasteiger partial charge is 0.430 e. The first-order valence-electron chi connectivity index (χ1n) is 14.8. The molecule has 2 heterocycles. The molecule has 4 rings (SSSR count). The number of halogens is 5. The van der Waals surface area contributed by atoms with Crippen LogP contribution < -0.4 is 19.9 Å². The van der Waals surface area contributed by atoms with Crippen molar-refractivity contribution in [1.82, 2.24) is 4.90 Å². The fourth-order valence-electron chi connectivity index (χ4n) is 4.33. The number of ether oxygens (including phenoxy) is 3. The van der Waals surface area contributed by atoms with Gasteiger partial charge >= 0.3 is 12.3 Å². The van der Waals surface area contributed by atoms with Crippen LogP contribution in [0.4, 0.5) is 18.0 Å². The SMILES string of the molecule is CC(C)(C)OC(=O)N1CCCC(COc2ccccc2)C1.ClCCl.O=C([O-])C(F)(F)F.c1ccc(OCC2CCC[NH2+]C2)cc1. The summed E-state index contributed by atoms with van der Waals surface area (Å²) in [5, 5.41) is 11.4. The number of alkyl halides is 5. The average molecular weight is 682 g/mol. The summed E-state index contributed by atoms with van der Waals surface area (Å²) >= 11 is 9.53. The van der Waals surface area contributed by atoms with Crippen LogP contribution in [0.25, 0.3) is 0 Å². The van der Waals surface area contributed by atoms with Crippen LogP contribution in [0.5, 0.6) is 11.5 Å². The van der Waals surface area contributed by atoms with Gasteiger partial charge in [-0.05, 0) is 70.7 Å². The van der Waals surface area contributed by atoms with Gasteiger partial charge in [0.25, 0.3) is 0 Å². The Kier molecular flexibility index (Phi) is 19.4. The molecule has 0 saturated carbocycles. The Bertz CT molecular complexity index is 1070. The van der Waals surface area contributed by atoms with Crippen molar-refractivity contribution in [3.05, 3.63) is 60.7 Å². The molecule has 0 radical (unpaired) electrons. The molecule has 0 spiro atoms. The molecule has 0 bridgehead atoms. The lowest BCUT2D eigenvalue weighted by Gasteiger charge is -2.34. The van der Waals surface area contributed by atoms with Gasteiger partial charge in [-0.2, -0.15) is 13.2 Å². The number of hydrogen-bond donors (Lipinski definition) is 1. The van der Waals surface area contributed by atoms with Gasteiger partial charge in [0.2, 0.25) is 0 Å². The van der Waals surface area contributed by atoms with Gasteiger partial charge in [-0.15, -0.1) is 23.2 Å². The summed E-state index contributed by atoms with van der Waals surface area (Å²) in [6.45, 7) is 11.2.